The highest BCUT2D eigenvalue weighted by atomic mass is 16.3. The van der Waals surface area contributed by atoms with Gasteiger partial charge in [0.25, 0.3) is 5.91 Å². The van der Waals surface area contributed by atoms with Crippen LogP contribution in [0.25, 0.3) is 0 Å². The van der Waals surface area contributed by atoms with Gasteiger partial charge in [-0.2, -0.15) is 0 Å². The standard InChI is InChI=1S/C10H14N2O2/c1-12(9-4-8(11)5-9)10(13)7-2-3-14-6-7/h2-3,6,8-9H,4-5,11H2,1H3. The van der Waals surface area contributed by atoms with Gasteiger partial charge >= 0.3 is 0 Å². The first-order chi connectivity index (χ1) is 6.68. The average Bonchev–Trinajstić information content (AvgIpc) is 2.63. The van der Waals surface area contributed by atoms with Crippen LogP contribution in [0.2, 0.25) is 0 Å². The number of rotatable bonds is 2. The number of amides is 1. The molecule has 0 unspecified atom stereocenters. The summed E-state index contributed by atoms with van der Waals surface area (Å²) in [6, 6.07) is 2.24. The largest absolute Gasteiger partial charge is 0.472 e. The van der Waals surface area contributed by atoms with Crippen molar-refractivity contribution in [2.75, 3.05) is 7.05 Å². The molecular formula is C10H14N2O2. The minimum atomic E-state index is 0.00986. The molecule has 0 spiro atoms. The second-order valence-corrected chi connectivity index (χ2v) is 3.81. The third kappa shape index (κ3) is 1.53. The van der Waals surface area contributed by atoms with Crippen LogP contribution in [0.4, 0.5) is 0 Å². The lowest BCUT2D eigenvalue weighted by atomic mass is 9.86. The maximum absolute atomic E-state index is 11.8. The smallest absolute Gasteiger partial charge is 0.257 e. The molecule has 1 amide bonds. The van der Waals surface area contributed by atoms with Crippen molar-refractivity contribution in [2.45, 2.75) is 24.9 Å². The molecule has 1 fully saturated rings. The van der Waals surface area contributed by atoms with E-state index in [1.54, 1.807) is 11.0 Å². The highest BCUT2D eigenvalue weighted by molar-refractivity contribution is 5.93. The first-order valence-electron chi connectivity index (χ1n) is 4.73. The molecule has 2 rings (SSSR count). The van der Waals surface area contributed by atoms with Gasteiger partial charge in [-0.15, -0.1) is 0 Å². The van der Waals surface area contributed by atoms with Gasteiger partial charge in [0.05, 0.1) is 11.8 Å². The lowest BCUT2D eigenvalue weighted by Gasteiger charge is -2.39. The molecule has 0 bridgehead atoms. The summed E-state index contributed by atoms with van der Waals surface area (Å²) in [7, 11) is 1.81. The lowest BCUT2D eigenvalue weighted by Crippen LogP contribution is -2.51. The zero-order chi connectivity index (χ0) is 10.1. The predicted octanol–water partition coefficient (Wildman–Crippen LogP) is 0.841. The van der Waals surface area contributed by atoms with E-state index in [1.807, 2.05) is 7.05 Å². The van der Waals surface area contributed by atoms with Crippen molar-refractivity contribution in [2.24, 2.45) is 5.73 Å². The molecule has 0 aliphatic heterocycles. The highest BCUT2D eigenvalue weighted by Crippen LogP contribution is 2.24. The Morgan fingerprint density at radius 1 is 1.64 bits per heavy atom. The second-order valence-electron chi connectivity index (χ2n) is 3.81. The molecule has 1 aliphatic rings. The minimum absolute atomic E-state index is 0.00986. The van der Waals surface area contributed by atoms with Crippen LogP contribution in [0.15, 0.2) is 23.0 Å². The van der Waals surface area contributed by atoms with Crippen LogP contribution in [0, 0.1) is 0 Å². The van der Waals surface area contributed by atoms with Crippen molar-refractivity contribution in [3.8, 4) is 0 Å². The molecule has 4 nitrogen and oxygen atoms in total. The molecular weight excluding hydrogens is 180 g/mol. The molecule has 1 aromatic rings. The molecule has 76 valence electrons. The van der Waals surface area contributed by atoms with E-state index in [0.717, 1.165) is 12.8 Å². The summed E-state index contributed by atoms with van der Waals surface area (Å²) in [5, 5.41) is 0. The van der Waals surface area contributed by atoms with Crippen LogP contribution < -0.4 is 5.73 Å². The van der Waals surface area contributed by atoms with E-state index >= 15 is 0 Å². The molecule has 1 saturated carbocycles. The Balaban J connectivity index is 1.99. The fourth-order valence-electron chi connectivity index (χ4n) is 1.70. The molecule has 0 radical (unpaired) electrons. The van der Waals surface area contributed by atoms with Crippen molar-refractivity contribution < 1.29 is 9.21 Å². The van der Waals surface area contributed by atoms with Gasteiger partial charge in [0, 0.05) is 19.1 Å². The molecule has 14 heavy (non-hydrogen) atoms. The third-order valence-electron chi connectivity index (χ3n) is 2.79. The number of furan rings is 1. The van der Waals surface area contributed by atoms with Crippen LogP contribution in [0.5, 0.6) is 0 Å². The van der Waals surface area contributed by atoms with Crippen molar-refractivity contribution >= 4 is 5.91 Å². The Morgan fingerprint density at radius 2 is 2.36 bits per heavy atom. The monoisotopic (exact) mass is 194 g/mol. The minimum Gasteiger partial charge on any atom is -0.472 e. The Kier molecular flexibility index (Phi) is 2.29. The van der Waals surface area contributed by atoms with Crippen molar-refractivity contribution in [3.63, 3.8) is 0 Å². The van der Waals surface area contributed by atoms with Gasteiger partial charge in [-0.05, 0) is 18.9 Å². The first kappa shape index (κ1) is 9.27. The SMILES string of the molecule is CN(C(=O)c1ccoc1)C1CC(N)C1. The molecule has 1 aromatic heterocycles. The average molecular weight is 194 g/mol. The predicted molar refractivity (Wildman–Crippen MR) is 51.8 cm³/mol. The summed E-state index contributed by atoms with van der Waals surface area (Å²) in [5.41, 5.74) is 6.27. The van der Waals surface area contributed by atoms with Gasteiger partial charge in [-0.3, -0.25) is 4.79 Å². The Bertz CT molecular complexity index is 315. The topological polar surface area (TPSA) is 59.5 Å². The Morgan fingerprint density at radius 3 is 2.86 bits per heavy atom. The normalized spacial score (nSPS) is 25.6. The van der Waals surface area contributed by atoms with Crippen LogP contribution in [-0.2, 0) is 0 Å². The van der Waals surface area contributed by atoms with Crippen molar-refractivity contribution in [3.05, 3.63) is 24.2 Å². The Labute approximate surface area is 82.7 Å². The zero-order valence-corrected chi connectivity index (χ0v) is 8.14. The number of nitrogens with zero attached hydrogens (tertiary/aromatic N) is 1. The van der Waals surface area contributed by atoms with E-state index < -0.39 is 0 Å². The maximum atomic E-state index is 11.8. The highest BCUT2D eigenvalue weighted by Gasteiger charge is 2.32. The first-order valence-corrected chi connectivity index (χ1v) is 4.73. The van der Waals surface area contributed by atoms with Crippen molar-refractivity contribution in [1.82, 2.24) is 4.90 Å². The van der Waals surface area contributed by atoms with Crippen LogP contribution in [-0.4, -0.2) is 29.9 Å². The van der Waals surface area contributed by atoms with Crippen LogP contribution >= 0.6 is 0 Å². The number of nitrogens with two attached hydrogens (primary N) is 1. The van der Waals surface area contributed by atoms with E-state index in [0.29, 0.717) is 11.6 Å². The molecule has 2 N–H and O–H groups in total. The quantitative estimate of drug-likeness (QED) is 0.759. The van der Waals surface area contributed by atoms with Gasteiger partial charge in [-0.1, -0.05) is 0 Å². The zero-order valence-electron chi connectivity index (χ0n) is 8.14. The summed E-state index contributed by atoms with van der Waals surface area (Å²) in [4.78, 5) is 13.5. The van der Waals surface area contributed by atoms with Gasteiger partial charge in [0.15, 0.2) is 0 Å². The molecule has 0 aromatic carbocycles. The fourth-order valence-corrected chi connectivity index (χ4v) is 1.70. The van der Waals surface area contributed by atoms with E-state index in [2.05, 4.69) is 0 Å². The maximum Gasteiger partial charge on any atom is 0.257 e. The fraction of sp³-hybridized carbons (Fsp3) is 0.500. The summed E-state index contributed by atoms with van der Waals surface area (Å²) in [6.45, 7) is 0. The van der Waals surface area contributed by atoms with Gasteiger partial charge in [0.2, 0.25) is 0 Å². The van der Waals surface area contributed by atoms with E-state index in [4.69, 9.17) is 10.2 Å². The molecule has 0 saturated heterocycles. The number of hydrogen-bond donors (Lipinski definition) is 1. The van der Waals surface area contributed by atoms with Crippen molar-refractivity contribution in [1.29, 1.82) is 0 Å². The summed E-state index contributed by atoms with van der Waals surface area (Å²) in [6.07, 6.45) is 4.78. The van der Waals surface area contributed by atoms with E-state index in [1.165, 1.54) is 12.5 Å². The lowest BCUT2D eigenvalue weighted by molar-refractivity contribution is 0.0624. The Hall–Kier alpha value is -1.29. The second kappa shape index (κ2) is 3.46. The number of hydrogen-bond acceptors (Lipinski definition) is 3. The summed E-state index contributed by atoms with van der Waals surface area (Å²) in [5.74, 6) is 0.00986. The summed E-state index contributed by atoms with van der Waals surface area (Å²) < 4.78 is 4.87. The molecule has 0 atom stereocenters. The number of carbonyl (C=O) groups is 1. The van der Waals surface area contributed by atoms with E-state index in [-0.39, 0.29) is 11.9 Å². The molecule has 1 aliphatic carbocycles. The number of carbonyl (C=O) groups excluding carboxylic acids is 1. The van der Waals surface area contributed by atoms with Crippen LogP contribution in [0.1, 0.15) is 23.2 Å². The molecule has 4 heteroatoms. The van der Waals surface area contributed by atoms with Gasteiger partial charge in [0.1, 0.15) is 6.26 Å². The van der Waals surface area contributed by atoms with Gasteiger partial charge in [-0.25, -0.2) is 0 Å². The summed E-state index contributed by atoms with van der Waals surface area (Å²) >= 11 is 0. The molecule has 1 heterocycles. The van der Waals surface area contributed by atoms with Crippen LogP contribution in [0.3, 0.4) is 0 Å². The third-order valence-corrected chi connectivity index (χ3v) is 2.79. The van der Waals surface area contributed by atoms with E-state index in [9.17, 15) is 4.79 Å². The van der Waals surface area contributed by atoms with Gasteiger partial charge < -0.3 is 15.1 Å².